The number of hydrogen-bond donors (Lipinski definition) is 3. The van der Waals surface area contributed by atoms with Gasteiger partial charge < -0.3 is 19.7 Å². The molecule has 3 N–H and O–H groups in total. The second kappa shape index (κ2) is 19.6. The second-order valence-corrected chi connectivity index (χ2v) is 11.4. The van der Waals surface area contributed by atoms with Crippen molar-refractivity contribution in [2.75, 3.05) is 0 Å². The highest BCUT2D eigenvalue weighted by molar-refractivity contribution is 7.88. The summed E-state index contributed by atoms with van der Waals surface area (Å²) in [5.41, 5.74) is 0. The van der Waals surface area contributed by atoms with Crippen LogP contribution in [0.25, 0.3) is 0 Å². The van der Waals surface area contributed by atoms with Crippen LogP contribution < -0.4 is 0 Å². The van der Waals surface area contributed by atoms with Gasteiger partial charge in [0.15, 0.2) is 0 Å². The molecule has 230 valence electrons. The topological polar surface area (TPSA) is 182 Å². The third kappa shape index (κ3) is 12.4. The van der Waals surface area contributed by atoms with E-state index in [-0.39, 0.29) is 12.8 Å². The molecule has 0 fully saturated rings. The van der Waals surface area contributed by atoms with Crippen LogP contribution in [0, 0.1) is 0 Å². The van der Waals surface area contributed by atoms with Gasteiger partial charge in [0.2, 0.25) is 0 Å². The van der Waals surface area contributed by atoms with E-state index in [1.807, 2.05) is 12.2 Å². The van der Waals surface area contributed by atoms with E-state index in [0.717, 1.165) is 71.1 Å². The molecular weight excluding hydrogens is 544 g/mol. The molecule has 1 unspecified atom stereocenters. The van der Waals surface area contributed by atoms with Crippen molar-refractivity contribution in [2.24, 2.45) is 0 Å². The monoisotopic (exact) mass is 590 g/mol. The van der Waals surface area contributed by atoms with Gasteiger partial charge in [-0.05, 0) is 44.9 Å². The molecule has 0 aromatic carbocycles. The molecule has 0 aliphatic heterocycles. The van der Waals surface area contributed by atoms with Crippen LogP contribution in [0.5, 0.6) is 0 Å². The maximum atomic E-state index is 12.8. The van der Waals surface area contributed by atoms with Gasteiger partial charge in [0.05, 0.1) is 0 Å². The van der Waals surface area contributed by atoms with Crippen LogP contribution >= 0.6 is 0 Å². The Kier molecular flexibility index (Phi) is 18.4. The van der Waals surface area contributed by atoms with Crippen LogP contribution in [0.2, 0.25) is 0 Å². The minimum Gasteiger partial charge on any atom is -0.392 e. The van der Waals surface area contributed by atoms with E-state index in [9.17, 15) is 42.4 Å². The fraction of sp³-hybridized carbons (Fsp3) is 0.714. The first kappa shape index (κ1) is 37.6. The van der Waals surface area contributed by atoms with Gasteiger partial charge in [0, 0.05) is 12.8 Å². The lowest BCUT2D eigenvalue weighted by Crippen LogP contribution is -2.68. The van der Waals surface area contributed by atoms with Gasteiger partial charge >= 0.3 is 23.9 Å². The summed E-state index contributed by atoms with van der Waals surface area (Å²) in [5, 5.41) is 20.9. The molecule has 0 heterocycles. The minimum absolute atomic E-state index is 0.281. The number of aliphatic hydroxyl groups is 2. The number of unbranched alkanes of at least 4 members (excludes halogenated alkanes) is 12. The first-order valence-corrected chi connectivity index (χ1v) is 15.4. The lowest BCUT2D eigenvalue weighted by atomic mass is 9.94. The van der Waals surface area contributed by atoms with E-state index in [1.54, 1.807) is 0 Å². The molecule has 0 spiro atoms. The van der Waals surface area contributed by atoms with Gasteiger partial charge in [-0.25, -0.2) is 9.59 Å². The highest BCUT2D eigenvalue weighted by atomic mass is 32.2. The number of allylic oxidation sites excluding steroid dienone is 2. The Bertz CT molecular complexity index is 940. The fourth-order valence-corrected chi connectivity index (χ4v) is 5.22. The first-order chi connectivity index (χ1) is 18.8. The van der Waals surface area contributed by atoms with Gasteiger partial charge in [-0.15, -0.1) is 13.2 Å². The average molecular weight is 591 g/mol. The second-order valence-electron chi connectivity index (χ2n) is 9.75. The number of ether oxygens (including phenoxy) is 2. The summed E-state index contributed by atoms with van der Waals surface area (Å²) in [6, 6.07) is 0. The molecule has 11 nitrogen and oxygen atoms in total. The van der Waals surface area contributed by atoms with Gasteiger partial charge in [0.25, 0.3) is 20.7 Å². The lowest BCUT2D eigenvalue weighted by Gasteiger charge is -2.35. The van der Waals surface area contributed by atoms with E-state index >= 15 is 0 Å². The number of hydrogen-bond acceptors (Lipinski definition) is 10. The number of rotatable bonds is 23. The maximum absolute atomic E-state index is 12.8. The Labute approximate surface area is 237 Å². The third-order valence-electron chi connectivity index (χ3n) is 6.61. The molecule has 0 aliphatic carbocycles. The summed E-state index contributed by atoms with van der Waals surface area (Å²) in [6.07, 6.45) is 13.2. The quantitative estimate of drug-likeness (QED) is 0.0381. The first-order valence-electron chi connectivity index (χ1n) is 14.0. The lowest BCUT2D eigenvalue weighted by molar-refractivity contribution is -0.227. The normalized spacial score (nSPS) is 13.2. The van der Waals surface area contributed by atoms with Crippen LogP contribution in [0.15, 0.2) is 25.3 Å². The molecule has 12 heteroatoms. The largest absolute Gasteiger partial charge is 0.392 e. The Balaban J connectivity index is 5.10. The molecule has 1 atom stereocenters. The smallest absolute Gasteiger partial charge is 0.376 e. The van der Waals surface area contributed by atoms with Crippen LogP contribution in [-0.2, 0) is 38.8 Å². The molecule has 0 aromatic rings. The van der Waals surface area contributed by atoms with Crippen molar-refractivity contribution in [1.82, 2.24) is 0 Å². The van der Waals surface area contributed by atoms with E-state index in [2.05, 4.69) is 22.6 Å². The SMILES string of the molecule is C=CCCCCCCCCC(=O)OC(=O)C(O)(O)C(CC)(C(=O)OC(=O)CCCCCCCCC=C)S(=O)(=O)O. The summed E-state index contributed by atoms with van der Waals surface area (Å²) in [5.74, 6) is -10.9. The number of carbonyl (C=O) groups excluding carboxylic acids is 4. The van der Waals surface area contributed by atoms with E-state index in [0.29, 0.717) is 25.7 Å². The number of esters is 4. The molecule has 0 bridgehead atoms. The Hall–Kier alpha value is -2.41. The van der Waals surface area contributed by atoms with Crippen molar-refractivity contribution in [3.05, 3.63) is 25.3 Å². The summed E-state index contributed by atoms with van der Waals surface area (Å²) in [7, 11) is -5.79. The predicted octanol–water partition coefficient (Wildman–Crippen LogP) is 4.46. The van der Waals surface area contributed by atoms with Gasteiger partial charge in [0.1, 0.15) is 0 Å². The summed E-state index contributed by atoms with van der Waals surface area (Å²) in [4.78, 5) is 49.5. The highest BCUT2D eigenvalue weighted by Crippen LogP contribution is 2.35. The van der Waals surface area contributed by atoms with E-state index in [1.165, 1.54) is 0 Å². The zero-order chi connectivity index (χ0) is 30.7. The van der Waals surface area contributed by atoms with Crippen LogP contribution in [0.4, 0.5) is 0 Å². The molecule has 0 saturated carbocycles. The van der Waals surface area contributed by atoms with Gasteiger partial charge in [-0.1, -0.05) is 70.4 Å². The minimum atomic E-state index is -5.79. The zero-order valence-electron chi connectivity index (χ0n) is 23.6. The van der Waals surface area contributed by atoms with Crippen molar-refractivity contribution in [2.45, 2.75) is 127 Å². The predicted molar refractivity (Wildman–Crippen MR) is 148 cm³/mol. The Morgan fingerprint density at radius 1 is 0.675 bits per heavy atom. The van der Waals surface area contributed by atoms with Crippen molar-refractivity contribution in [1.29, 1.82) is 0 Å². The standard InChI is InChI=1S/C28H46O11S/c1-4-7-9-11-13-15-17-19-21-23(29)38-25(31)27(6-3,40(35,36)37)28(33,34)26(32)39-24(30)22-20-18-16-14-12-10-8-5-2/h4-5,33-34H,1-2,6-22H2,3H3,(H,35,36,37). The van der Waals surface area contributed by atoms with Crippen molar-refractivity contribution < 1.29 is 51.8 Å². The van der Waals surface area contributed by atoms with Gasteiger partial charge in [-0.3, -0.25) is 14.1 Å². The summed E-state index contributed by atoms with van der Waals surface area (Å²) < 4.78 is 39.4. The fourth-order valence-electron chi connectivity index (χ4n) is 4.16. The van der Waals surface area contributed by atoms with E-state index < -0.39 is 51.0 Å². The third-order valence-corrected chi connectivity index (χ3v) is 8.23. The molecule has 40 heavy (non-hydrogen) atoms. The highest BCUT2D eigenvalue weighted by Gasteiger charge is 2.70. The summed E-state index contributed by atoms with van der Waals surface area (Å²) in [6.45, 7) is 8.23. The van der Waals surface area contributed by atoms with Gasteiger partial charge in [-0.2, -0.15) is 8.42 Å². The average Bonchev–Trinajstić information content (AvgIpc) is 2.86. The molecular formula is C28H46O11S. The van der Waals surface area contributed by atoms with Crippen LogP contribution in [0.3, 0.4) is 0 Å². The zero-order valence-corrected chi connectivity index (χ0v) is 24.4. The van der Waals surface area contributed by atoms with Crippen LogP contribution in [0.1, 0.15) is 116 Å². The molecule has 0 rings (SSSR count). The molecule has 0 aromatic heterocycles. The molecule has 0 amide bonds. The Morgan fingerprint density at radius 3 is 1.38 bits per heavy atom. The molecule has 0 radical (unpaired) electrons. The van der Waals surface area contributed by atoms with Crippen molar-refractivity contribution in [3.63, 3.8) is 0 Å². The van der Waals surface area contributed by atoms with Crippen LogP contribution in [-0.4, -0.2) is 57.6 Å². The van der Waals surface area contributed by atoms with E-state index in [4.69, 9.17) is 0 Å². The molecule has 0 aliphatic rings. The van der Waals surface area contributed by atoms with Crippen molar-refractivity contribution in [3.8, 4) is 0 Å². The summed E-state index contributed by atoms with van der Waals surface area (Å²) >= 11 is 0. The Morgan fingerprint density at radius 2 is 1.02 bits per heavy atom. The number of carbonyl (C=O) groups is 4. The maximum Gasteiger partial charge on any atom is 0.376 e. The van der Waals surface area contributed by atoms with Crippen molar-refractivity contribution >= 4 is 34.0 Å². The molecule has 0 saturated heterocycles.